The molecule has 6 nitrogen and oxygen atoms in total. The van der Waals surface area contributed by atoms with Gasteiger partial charge in [0.25, 0.3) is 0 Å². The fourth-order valence-corrected chi connectivity index (χ4v) is 2.51. The zero-order valence-corrected chi connectivity index (χ0v) is 10.8. The molecule has 0 atom stereocenters. The summed E-state index contributed by atoms with van der Waals surface area (Å²) in [5, 5.41) is 13.5. The Morgan fingerprint density at radius 2 is 2.05 bits per heavy atom. The molecule has 1 aliphatic heterocycles. The third-order valence-corrected chi connectivity index (χ3v) is 3.53. The molecular weight excluding hydrogens is 244 g/mol. The van der Waals surface area contributed by atoms with Gasteiger partial charge >= 0.3 is 5.97 Å². The van der Waals surface area contributed by atoms with E-state index in [4.69, 9.17) is 0 Å². The summed E-state index contributed by atoms with van der Waals surface area (Å²) in [6.45, 7) is 3.77. The minimum Gasteiger partial charge on any atom is -0.477 e. The largest absolute Gasteiger partial charge is 0.477 e. The summed E-state index contributed by atoms with van der Waals surface area (Å²) in [6.07, 6.45) is 5.22. The van der Waals surface area contributed by atoms with Gasteiger partial charge in [-0.3, -0.25) is 0 Å². The number of aromatic carboxylic acids is 1. The molecule has 0 aromatic carbocycles. The molecule has 0 amide bonds. The van der Waals surface area contributed by atoms with Gasteiger partial charge in [-0.15, -0.1) is 0 Å². The lowest BCUT2D eigenvalue weighted by atomic mass is 10.1. The van der Waals surface area contributed by atoms with Crippen LogP contribution in [-0.4, -0.2) is 38.8 Å². The molecule has 1 aliphatic rings. The van der Waals surface area contributed by atoms with Crippen molar-refractivity contribution in [3.63, 3.8) is 0 Å². The first kappa shape index (κ1) is 12.0. The minimum absolute atomic E-state index is 0.0803. The molecule has 1 saturated heterocycles. The highest BCUT2D eigenvalue weighted by molar-refractivity contribution is 5.87. The number of aryl methyl sites for hydroxylation is 1. The van der Waals surface area contributed by atoms with Gasteiger partial charge in [0.1, 0.15) is 5.82 Å². The van der Waals surface area contributed by atoms with Gasteiger partial charge in [0.2, 0.25) is 0 Å². The third kappa shape index (κ3) is 2.03. The van der Waals surface area contributed by atoms with Crippen molar-refractivity contribution in [2.75, 3.05) is 18.0 Å². The summed E-state index contributed by atoms with van der Waals surface area (Å²) in [5.41, 5.74) is 1.60. The van der Waals surface area contributed by atoms with E-state index in [1.165, 1.54) is 6.42 Å². The topological polar surface area (TPSA) is 70.7 Å². The molecule has 2 aromatic heterocycles. The highest BCUT2D eigenvalue weighted by Gasteiger charge is 2.19. The van der Waals surface area contributed by atoms with Crippen LogP contribution in [0.3, 0.4) is 0 Å². The molecule has 0 spiro atoms. The normalized spacial score (nSPS) is 15.9. The van der Waals surface area contributed by atoms with Crippen LogP contribution in [0.4, 0.5) is 5.82 Å². The molecule has 1 N–H and O–H groups in total. The van der Waals surface area contributed by atoms with Crippen LogP contribution in [-0.2, 0) is 0 Å². The fraction of sp³-hybridized carbons (Fsp3) is 0.462. The monoisotopic (exact) mass is 260 g/mol. The van der Waals surface area contributed by atoms with Crippen molar-refractivity contribution in [2.24, 2.45) is 0 Å². The number of piperidine rings is 1. The SMILES string of the molecule is Cc1cnn2c(N3CCCCC3)cc(C(=O)O)nc12. The lowest BCUT2D eigenvalue weighted by molar-refractivity contribution is 0.0690. The second kappa shape index (κ2) is 4.53. The summed E-state index contributed by atoms with van der Waals surface area (Å²) >= 11 is 0. The van der Waals surface area contributed by atoms with E-state index in [-0.39, 0.29) is 5.69 Å². The van der Waals surface area contributed by atoms with E-state index < -0.39 is 5.97 Å². The molecular formula is C13H16N4O2. The van der Waals surface area contributed by atoms with Crippen molar-refractivity contribution < 1.29 is 9.90 Å². The van der Waals surface area contributed by atoms with Crippen LogP contribution in [0, 0.1) is 6.92 Å². The highest BCUT2D eigenvalue weighted by Crippen LogP contribution is 2.22. The lowest BCUT2D eigenvalue weighted by Crippen LogP contribution is -2.31. The number of nitrogens with zero attached hydrogens (tertiary/aromatic N) is 4. The number of anilines is 1. The first-order valence-corrected chi connectivity index (χ1v) is 6.50. The Kier molecular flexibility index (Phi) is 2.85. The van der Waals surface area contributed by atoms with E-state index in [9.17, 15) is 9.90 Å². The Balaban J connectivity index is 2.17. The molecule has 0 unspecified atom stereocenters. The summed E-state index contributed by atoms with van der Waals surface area (Å²) in [7, 11) is 0. The quantitative estimate of drug-likeness (QED) is 0.890. The maximum atomic E-state index is 11.2. The average Bonchev–Trinajstić information content (AvgIpc) is 2.80. The van der Waals surface area contributed by atoms with E-state index in [1.54, 1.807) is 16.8 Å². The van der Waals surface area contributed by atoms with E-state index >= 15 is 0 Å². The van der Waals surface area contributed by atoms with Crippen LogP contribution in [0.1, 0.15) is 35.3 Å². The second-order valence-corrected chi connectivity index (χ2v) is 4.92. The Labute approximate surface area is 110 Å². The lowest BCUT2D eigenvalue weighted by Gasteiger charge is -2.28. The molecule has 0 saturated carbocycles. The minimum atomic E-state index is -0.999. The van der Waals surface area contributed by atoms with Crippen LogP contribution in [0.2, 0.25) is 0 Å². The molecule has 0 aliphatic carbocycles. The first-order valence-electron chi connectivity index (χ1n) is 6.50. The zero-order valence-electron chi connectivity index (χ0n) is 10.8. The highest BCUT2D eigenvalue weighted by atomic mass is 16.4. The number of carboxylic acid groups (broad SMARTS) is 1. The molecule has 3 rings (SSSR count). The molecule has 100 valence electrons. The summed E-state index contributed by atoms with van der Waals surface area (Å²) in [5.74, 6) is -0.170. The van der Waals surface area contributed by atoms with Crippen LogP contribution < -0.4 is 4.90 Å². The van der Waals surface area contributed by atoms with Gasteiger partial charge < -0.3 is 10.0 Å². The van der Waals surface area contributed by atoms with Crippen molar-refractivity contribution >= 4 is 17.4 Å². The van der Waals surface area contributed by atoms with Crippen molar-refractivity contribution in [3.8, 4) is 0 Å². The number of rotatable bonds is 2. The summed E-state index contributed by atoms with van der Waals surface area (Å²) < 4.78 is 1.74. The van der Waals surface area contributed by atoms with Crippen LogP contribution in [0.5, 0.6) is 0 Å². The first-order chi connectivity index (χ1) is 9.16. The molecule has 2 aromatic rings. The summed E-state index contributed by atoms with van der Waals surface area (Å²) in [4.78, 5) is 17.6. The van der Waals surface area contributed by atoms with Crippen molar-refractivity contribution in [1.29, 1.82) is 0 Å². The standard InChI is InChI=1S/C13H16N4O2/c1-9-8-14-17-11(16-5-3-2-4-6-16)7-10(13(18)19)15-12(9)17/h7-8H,2-6H2,1H3,(H,18,19). The Hall–Kier alpha value is -2.11. The predicted molar refractivity (Wildman–Crippen MR) is 70.7 cm³/mol. The number of fused-ring (bicyclic) bond motifs is 1. The van der Waals surface area contributed by atoms with E-state index in [1.807, 2.05) is 6.92 Å². The van der Waals surface area contributed by atoms with Gasteiger partial charge in [0.15, 0.2) is 11.3 Å². The van der Waals surface area contributed by atoms with Crippen molar-refractivity contribution in [3.05, 3.63) is 23.5 Å². The zero-order chi connectivity index (χ0) is 13.4. The molecule has 19 heavy (non-hydrogen) atoms. The molecule has 3 heterocycles. The molecule has 0 bridgehead atoms. The predicted octanol–water partition coefficient (Wildman–Crippen LogP) is 1.73. The maximum absolute atomic E-state index is 11.2. The van der Waals surface area contributed by atoms with Gasteiger partial charge in [-0.1, -0.05) is 0 Å². The Morgan fingerprint density at radius 1 is 1.32 bits per heavy atom. The number of aromatic nitrogens is 3. The second-order valence-electron chi connectivity index (χ2n) is 4.92. The molecule has 0 radical (unpaired) electrons. The molecule has 6 heteroatoms. The van der Waals surface area contributed by atoms with Gasteiger partial charge in [0, 0.05) is 24.7 Å². The number of carboxylic acids is 1. The van der Waals surface area contributed by atoms with Gasteiger partial charge in [-0.2, -0.15) is 9.61 Å². The van der Waals surface area contributed by atoms with Gasteiger partial charge in [-0.05, 0) is 26.2 Å². The smallest absolute Gasteiger partial charge is 0.354 e. The van der Waals surface area contributed by atoms with Crippen LogP contribution in [0.25, 0.3) is 5.65 Å². The Bertz CT molecular complexity index is 629. The van der Waals surface area contributed by atoms with E-state index in [0.29, 0.717) is 5.65 Å². The van der Waals surface area contributed by atoms with E-state index in [0.717, 1.165) is 37.3 Å². The Morgan fingerprint density at radius 3 is 2.74 bits per heavy atom. The average molecular weight is 260 g/mol. The number of hydrogen-bond donors (Lipinski definition) is 1. The number of hydrogen-bond acceptors (Lipinski definition) is 4. The van der Waals surface area contributed by atoms with Crippen LogP contribution >= 0.6 is 0 Å². The van der Waals surface area contributed by atoms with E-state index in [2.05, 4.69) is 15.0 Å². The van der Waals surface area contributed by atoms with Crippen LogP contribution in [0.15, 0.2) is 12.3 Å². The number of carbonyl (C=O) groups is 1. The fourth-order valence-electron chi connectivity index (χ4n) is 2.51. The molecule has 1 fully saturated rings. The third-order valence-electron chi connectivity index (χ3n) is 3.53. The van der Waals surface area contributed by atoms with Gasteiger partial charge in [-0.25, -0.2) is 9.78 Å². The van der Waals surface area contributed by atoms with Crippen molar-refractivity contribution in [1.82, 2.24) is 14.6 Å². The summed E-state index contributed by atoms with van der Waals surface area (Å²) in [6, 6.07) is 1.62. The maximum Gasteiger partial charge on any atom is 0.354 e. The van der Waals surface area contributed by atoms with Crippen molar-refractivity contribution in [2.45, 2.75) is 26.2 Å². The van der Waals surface area contributed by atoms with Gasteiger partial charge in [0.05, 0.1) is 6.20 Å².